The van der Waals surface area contributed by atoms with Gasteiger partial charge in [0.05, 0.1) is 23.1 Å². The molecule has 27 heavy (non-hydrogen) atoms. The van der Waals surface area contributed by atoms with E-state index in [4.69, 9.17) is 4.98 Å². The summed E-state index contributed by atoms with van der Waals surface area (Å²) >= 11 is 2.73. The molecule has 1 N–H and O–H groups in total. The summed E-state index contributed by atoms with van der Waals surface area (Å²) in [5, 5.41) is 10.1. The molecule has 3 aromatic heterocycles. The number of likely N-dealkylation sites (tertiary alicyclic amines) is 1. The molecule has 1 unspecified atom stereocenters. The molecule has 0 bridgehead atoms. The van der Waals surface area contributed by atoms with Crippen LogP contribution in [0.5, 0.6) is 0 Å². The average Bonchev–Trinajstić information content (AvgIpc) is 3.42. The molecule has 1 aliphatic rings. The maximum Gasteiger partial charge on any atom is 0.268 e. The molecule has 140 valence electrons. The Morgan fingerprint density at radius 3 is 3.04 bits per heavy atom. The second-order valence-electron chi connectivity index (χ2n) is 6.43. The Hall–Kier alpha value is -2.39. The zero-order valence-electron chi connectivity index (χ0n) is 15.2. The van der Waals surface area contributed by atoms with E-state index >= 15 is 0 Å². The number of aryl methyl sites for hydroxylation is 2. The van der Waals surface area contributed by atoms with Gasteiger partial charge in [0.2, 0.25) is 0 Å². The number of carbonyl (C=O) groups is 1. The van der Waals surface area contributed by atoms with Gasteiger partial charge in [-0.1, -0.05) is 17.5 Å². The van der Waals surface area contributed by atoms with E-state index in [-0.39, 0.29) is 11.9 Å². The van der Waals surface area contributed by atoms with Crippen molar-refractivity contribution in [3.05, 3.63) is 45.5 Å². The molecule has 1 fully saturated rings. The van der Waals surface area contributed by atoms with Crippen LogP contribution < -0.4 is 5.32 Å². The highest BCUT2D eigenvalue weighted by atomic mass is 32.1. The topological polar surface area (TPSA) is 83.9 Å². The van der Waals surface area contributed by atoms with E-state index in [1.54, 1.807) is 11.3 Å². The normalized spacial score (nSPS) is 16.7. The number of nitrogens with one attached hydrogen (secondary N) is 1. The van der Waals surface area contributed by atoms with Crippen molar-refractivity contribution in [2.24, 2.45) is 0 Å². The second-order valence-corrected chi connectivity index (χ2v) is 8.04. The van der Waals surface area contributed by atoms with Crippen molar-refractivity contribution in [2.45, 2.75) is 39.2 Å². The van der Waals surface area contributed by atoms with Crippen molar-refractivity contribution in [1.29, 1.82) is 0 Å². The van der Waals surface area contributed by atoms with Gasteiger partial charge in [0, 0.05) is 11.9 Å². The third-order valence-corrected chi connectivity index (χ3v) is 6.20. The minimum Gasteiger partial charge on any atom is -0.329 e. The van der Waals surface area contributed by atoms with Gasteiger partial charge in [-0.2, -0.15) is 0 Å². The van der Waals surface area contributed by atoms with Crippen LogP contribution in [0.1, 0.15) is 52.6 Å². The first-order valence-electron chi connectivity index (χ1n) is 8.94. The molecule has 1 amide bonds. The van der Waals surface area contributed by atoms with Crippen LogP contribution >= 0.6 is 22.9 Å². The molecule has 3 aromatic rings. The van der Waals surface area contributed by atoms with Gasteiger partial charge in [0.15, 0.2) is 5.13 Å². The lowest BCUT2D eigenvalue weighted by Gasteiger charge is -2.24. The first-order chi connectivity index (χ1) is 13.2. The van der Waals surface area contributed by atoms with Gasteiger partial charge in [0.1, 0.15) is 10.7 Å². The number of carbonyl (C=O) groups excluding carboxylic acids is 1. The smallest absolute Gasteiger partial charge is 0.268 e. The molecule has 0 aromatic carbocycles. The van der Waals surface area contributed by atoms with Crippen LogP contribution in [0.4, 0.5) is 10.9 Å². The number of pyridine rings is 1. The van der Waals surface area contributed by atoms with E-state index in [0.717, 1.165) is 47.4 Å². The van der Waals surface area contributed by atoms with Crippen molar-refractivity contribution in [1.82, 2.24) is 24.5 Å². The van der Waals surface area contributed by atoms with Gasteiger partial charge in [-0.05, 0) is 49.9 Å². The summed E-state index contributed by atoms with van der Waals surface area (Å²) in [6, 6.07) is 5.85. The zero-order valence-corrected chi connectivity index (χ0v) is 16.8. The summed E-state index contributed by atoms with van der Waals surface area (Å²) in [4.78, 5) is 24.8. The first kappa shape index (κ1) is 18.0. The van der Waals surface area contributed by atoms with E-state index in [9.17, 15) is 4.79 Å². The van der Waals surface area contributed by atoms with Crippen LogP contribution in [0.15, 0.2) is 23.6 Å². The molecular formula is C18H20N6OS2. The summed E-state index contributed by atoms with van der Waals surface area (Å²) in [5.74, 6) is 0.759. The molecule has 9 heteroatoms. The van der Waals surface area contributed by atoms with Gasteiger partial charge in [-0.15, -0.1) is 16.4 Å². The number of hydrogen-bond donors (Lipinski definition) is 1. The van der Waals surface area contributed by atoms with Crippen LogP contribution in [-0.4, -0.2) is 36.9 Å². The highest BCUT2D eigenvalue weighted by Crippen LogP contribution is 2.34. The maximum absolute atomic E-state index is 13.1. The van der Waals surface area contributed by atoms with Crippen molar-refractivity contribution in [2.75, 3.05) is 11.9 Å². The van der Waals surface area contributed by atoms with Crippen LogP contribution in [-0.2, 0) is 6.42 Å². The lowest BCUT2D eigenvalue weighted by Crippen LogP contribution is -2.31. The van der Waals surface area contributed by atoms with Crippen molar-refractivity contribution in [3.63, 3.8) is 0 Å². The summed E-state index contributed by atoms with van der Waals surface area (Å²) in [5.41, 5.74) is 2.66. The van der Waals surface area contributed by atoms with Crippen molar-refractivity contribution < 1.29 is 4.79 Å². The molecule has 1 saturated heterocycles. The van der Waals surface area contributed by atoms with E-state index in [1.807, 2.05) is 42.3 Å². The first-order valence-corrected chi connectivity index (χ1v) is 10.6. The molecule has 0 spiro atoms. The Kier molecular flexibility index (Phi) is 5.13. The minimum atomic E-state index is -0.0240. The highest BCUT2D eigenvalue weighted by Gasteiger charge is 2.33. The lowest BCUT2D eigenvalue weighted by molar-refractivity contribution is 0.0736. The summed E-state index contributed by atoms with van der Waals surface area (Å²) in [6.45, 7) is 4.69. The zero-order chi connectivity index (χ0) is 18.8. The number of amides is 1. The van der Waals surface area contributed by atoms with Gasteiger partial charge >= 0.3 is 0 Å². The molecule has 4 rings (SSSR count). The summed E-state index contributed by atoms with van der Waals surface area (Å²) in [7, 11) is 0. The van der Waals surface area contributed by atoms with Crippen molar-refractivity contribution >= 4 is 39.7 Å². The van der Waals surface area contributed by atoms with E-state index in [2.05, 4.69) is 19.9 Å². The van der Waals surface area contributed by atoms with Gasteiger partial charge < -0.3 is 10.2 Å². The largest absolute Gasteiger partial charge is 0.329 e. The Bertz CT molecular complexity index is 953. The van der Waals surface area contributed by atoms with Crippen LogP contribution in [0, 0.1) is 6.92 Å². The Morgan fingerprint density at radius 1 is 1.37 bits per heavy atom. The Labute approximate surface area is 165 Å². The fraction of sp³-hybridized carbons (Fsp3) is 0.389. The average molecular weight is 401 g/mol. The van der Waals surface area contributed by atoms with Gasteiger partial charge in [-0.25, -0.2) is 9.97 Å². The number of anilines is 2. The molecule has 0 aliphatic carbocycles. The summed E-state index contributed by atoms with van der Waals surface area (Å²) in [6.07, 6.45) is 2.59. The third-order valence-electron chi connectivity index (χ3n) is 4.56. The predicted octanol–water partition coefficient (Wildman–Crippen LogP) is 3.98. The standard InChI is InChI=1S/C18H20N6OS2/c1-3-12-16(27-23-22-12)17(25)24-9-5-7-14(24)13-6-4-8-15(20-13)21-18-19-11(2)10-26-18/h4,6,8,10,14H,3,5,7,9H2,1-2H3,(H,19,20,21). The quantitative estimate of drug-likeness (QED) is 0.697. The molecular weight excluding hydrogens is 380 g/mol. The Morgan fingerprint density at radius 2 is 2.26 bits per heavy atom. The number of nitrogens with zero attached hydrogens (tertiary/aromatic N) is 5. The van der Waals surface area contributed by atoms with E-state index in [0.29, 0.717) is 11.3 Å². The Balaban J connectivity index is 1.57. The molecule has 4 heterocycles. The van der Waals surface area contributed by atoms with Crippen molar-refractivity contribution in [3.8, 4) is 0 Å². The van der Waals surface area contributed by atoms with E-state index in [1.165, 1.54) is 11.5 Å². The monoisotopic (exact) mass is 400 g/mol. The molecule has 0 saturated carbocycles. The van der Waals surface area contributed by atoms with Crippen LogP contribution in [0.2, 0.25) is 0 Å². The van der Waals surface area contributed by atoms with Gasteiger partial charge in [-0.3, -0.25) is 4.79 Å². The third kappa shape index (κ3) is 3.70. The fourth-order valence-corrected chi connectivity index (χ4v) is 4.68. The highest BCUT2D eigenvalue weighted by molar-refractivity contribution is 7.13. The van der Waals surface area contributed by atoms with E-state index < -0.39 is 0 Å². The predicted molar refractivity (Wildman–Crippen MR) is 107 cm³/mol. The SMILES string of the molecule is CCc1nnsc1C(=O)N1CCCC1c1cccc(Nc2nc(C)cs2)n1. The molecule has 0 radical (unpaired) electrons. The number of rotatable bonds is 5. The van der Waals surface area contributed by atoms with Crippen LogP contribution in [0.25, 0.3) is 0 Å². The molecule has 1 atom stereocenters. The van der Waals surface area contributed by atoms with Crippen LogP contribution in [0.3, 0.4) is 0 Å². The lowest BCUT2D eigenvalue weighted by atomic mass is 10.1. The van der Waals surface area contributed by atoms with Gasteiger partial charge in [0.25, 0.3) is 5.91 Å². The number of aromatic nitrogens is 4. The second kappa shape index (κ2) is 7.69. The summed E-state index contributed by atoms with van der Waals surface area (Å²) < 4.78 is 3.96. The number of thiazole rings is 1. The number of hydrogen-bond acceptors (Lipinski definition) is 8. The maximum atomic E-state index is 13.1. The molecule has 7 nitrogen and oxygen atoms in total. The molecule has 1 aliphatic heterocycles. The fourth-order valence-electron chi connectivity index (χ4n) is 3.28. The minimum absolute atomic E-state index is 0.0139.